The van der Waals surface area contributed by atoms with Gasteiger partial charge in [0.25, 0.3) is 5.92 Å². The predicted octanol–water partition coefficient (Wildman–Crippen LogP) is 2.76. The maximum atomic E-state index is 12.5. The molecule has 0 radical (unpaired) electrons. The molecule has 2 rings (SSSR count). The lowest BCUT2D eigenvalue weighted by Crippen LogP contribution is -2.32. The van der Waals surface area contributed by atoms with Crippen LogP contribution in [0.1, 0.15) is 39.5 Å². The van der Waals surface area contributed by atoms with Crippen LogP contribution >= 0.6 is 0 Å². The van der Waals surface area contributed by atoms with E-state index in [-0.39, 0.29) is 12.3 Å². The van der Waals surface area contributed by atoms with Gasteiger partial charge in [-0.15, -0.1) is 0 Å². The molecular weight excluding hydrogens is 212 g/mol. The molecule has 98 valence electrons. The molecular formula is C12H25F2NO. The van der Waals surface area contributed by atoms with Crippen LogP contribution in [0.3, 0.4) is 0 Å². The molecule has 2 nitrogen and oxygen atoms in total. The van der Waals surface area contributed by atoms with E-state index in [1.165, 1.54) is 19.3 Å². The van der Waals surface area contributed by atoms with Crippen molar-refractivity contribution in [1.82, 2.24) is 4.90 Å². The number of piperidine rings is 1. The molecule has 0 aromatic carbocycles. The second-order valence-corrected chi connectivity index (χ2v) is 4.02. The molecule has 0 aromatic rings. The Kier molecular flexibility index (Phi) is 7.85. The van der Waals surface area contributed by atoms with E-state index in [9.17, 15) is 8.78 Å². The summed E-state index contributed by atoms with van der Waals surface area (Å²) in [6.45, 7) is 6.70. The normalized spacial score (nSPS) is 27.0. The number of nitrogens with zero attached hydrogens (tertiary/aromatic N) is 1. The smallest absolute Gasteiger partial charge is 0.252 e. The Balaban J connectivity index is 0.000000509. The molecule has 0 aromatic heterocycles. The Morgan fingerprint density at radius 3 is 1.94 bits per heavy atom. The summed E-state index contributed by atoms with van der Waals surface area (Å²) in [6.07, 6.45) is 3.79. The summed E-state index contributed by atoms with van der Waals surface area (Å²) >= 11 is 0. The summed E-state index contributed by atoms with van der Waals surface area (Å²) < 4.78 is 25.0. The number of alkyl halides is 2. The Morgan fingerprint density at radius 1 is 1.12 bits per heavy atom. The predicted molar refractivity (Wildman–Crippen MR) is 62.8 cm³/mol. The van der Waals surface area contributed by atoms with E-state index in [2.05, 4.69) is 4.90 Å². The van der Waals surface area contributed by atoms with Crippen LogP contribution in [0.25, 0.3) is 0 Å². The highest BCUT2D eigenvalue weighted by molar-refractivity contribution is 4.96. The second-order valence-electron chi connectivity index (χ2n) is 4.02. The van der Waals surface area contributed by atoms with Crippen LogP contribution in [0.15, 0.2) is 0 Å². The molecule has 4 heteroatoms. The van der Waals surface area contributed by atoms with E-state index in [1.54, 1.807) is 0 Å². The molecule has 1 aliphatic heterocycles. The topological polar surface area (TPSA) is 23.5 Å². The monoisotopic (exact) mass is 237 g/mol. The number of hydrogen-bond donors (Lipinski definition) is 1. The molecule has 2 fully saturated rings. The van der Waals surface area contributed by atoms with Gasteiger partial charge < -0.3 is 10.0 Å². The first-order chi connectivity index (χ1) is 7.68. The largest absolute Gasteiger partial charge is 0.400 e. The summed E-state index contributed by atoms with van der Waals surface area (Å²) in [5.74, 6) is -2.65. The fourth-order valence-corrected chi connectivity index (χ4v) is 1.92. The summed E-state index contributed by atoms with van der Waals surface area (Å²) in [4.78, 5) is 2.19. The van der Waals surface area contributed by atoms with E-state index in [0.29, 0.717) is 6.54 Å². The molecule has 0 bridgehead atoms. The van der Waals surface area contributed by atoms with Crippen molar-refractivity contribution < 1.29 is 13.9 Å². The van der Waals surface area contributed by atoms with Gasteiger partial charge in [0, 0.05) is 26.0 Å². The first-order valence-electron chi connectivity index (χ1n) is 6.23. The molecule has 1 atom stereocenters. The van der Waals surface area contributed by atoms with Gasteiger partial charge in [-0.25, -0.2) is 8.78 Å². The molecule has 2 aliphatic rings. The third-order valence-corrected chi connectivity index (χ3v) is 2.88. The number of rotatable bonds is 2. The molecule has 1 N–H and O–H groups in total. The first kappa shape index (κ1) is 15.8. The molecule has 0 amide bonds. The number of halogens is 2. The van der Waals surface area contributed by atoms with Crippen molar-refractivity contribution in [3.8, 4) is 0 Å². The lowest BCUT2D eigenvalue weighted by molar-refractivity contribution is 0.0843. The van der Waals surface area contributed by atoms with Crippen LogP contribution in [-0.4, -0.2) is 42.7 Å². The van der Waals surface area contributed by atoms with Crippen molar-refractivity contribution in [2.75, 3.05) is 26.7 Å². The maximum absolute atomic E-state index is 12.5. The molecule has 0 spiro atoms. The number of likely N-dealkylation sites (tertiary alicyclic amines) is 1. The van der Waals surface area contributed by atoms with E-state index >= 15 is 0 Å². The Labute approximate surface area is 97.6 Å². The number of aliphatic hydroxyl groups excluding tert-OH is 1. The SMILES string of the molecule is CC.CO.FC1(F)C[C@@H]1CN1CCCCC1. The van der Waals surface area contributed by atoms with Gasteiger partial charge in [-0.2, -0.15) is 0 Å². The second kappa shape index (κ2) is 7.96. The van der Waals surface area contributed by atoms with Gasteiger partial charge in [-0.3, -0.25) is 0 Å². The Bertz CT molecular complexity index is 170. The maximum Gasteiger partial charge on any atom is 0.252 e. The van der Waals surface area contributed by atoms with E-state index in [4.69, 9.17) is 5.11 Å². The van der Waals surface area contributed by atoms with Gasteiger partial charge in [0.15, 0.2) is 0 Å². The summed E-state index contributed by atoms with van der Waals surface area (Å²) in [5.41, 5.74) is 0. The number of hydrogen-bond acceptors (Lipinski definition) is 2. The quantitative estimate of drug-likeness (QED) is 0.798. The zero-order chi connectivity index (χ0) is 12.6. The van der Waals surface area contributed by atoms with Gasteiger partial charge in [0.2, 0.25) is 0 Å². The van der Waals surface area contributed by atoms with Crippen molar-refractivity contribution in [2.24, 2.45) is 5.92 Å². The highest BCUT2D eigenvalue weighted by atomic mass is 19.3. The van der Waals surface area contributed by atoms with Crippen LogP contribution < -0.4 is 0 Å². The average molecular weight is 237 g/mol. The van der Waals surface area contributed by atoms with Crippen molar-refractivity contribution >= 4 is 0 Å². The molecule has 0 unspecified atom stereocenters. The van der Waals surface area contributed by atoms with Gasteiger partial charge in [-0.05, 0) is 25.9 Å². The fourth-order valence-electron chi connectivity index (χ4n) is 1.92. The summed E-state index contributed by atoms with van der Waals surface area (Å²) in [6, 6.07) is 0. The van der Waals surface area contributed by atoms with Crippen LogP contribution in [0, 0.1) is 5.92 Å². The van der Waals surface area contributed by atoms with Crippen LogP contribution in [0.2, 0.25) is 0 Å². The zero-order valence-corrected chi connectivity index (χ0v) is 10.7. The van der Waals surface area contributed by atoms with Crippen molar-refractivity contribution in [3.63, 3.8) is 0 Å². The van der Waals surface area contributed by atoms with Gasteiger partial charge >= 0.3 is 0 Å². The molecule has 16 heavy (non-hydrogen) atoms. The zero-order valence-electron chi connectivity index (χ0n) is 10.7. The van der Waals surface area contributed by atoms with E-state index < -0.39 is 5.92 Å². The lowest BCUT2D eigenvalue weighted by atomic mass is 10.1. The van der Waals surface area contributed by atoms with Crippen LogP contribution in [0.4, 0.5) is 8.78 Å². The van der Waals surface area contributed by atoms with Crippen molar-refractivity contribution in [3.05, 3.63) is 0 Å². The van der Waals surface area contributed by atoms with E-state index in [1.807, 2.05) is 13.8 Å². The standard InChI is InChI=1S/C9H15F2N.C2H6.CH4O/c10-9(11)6-8(9)7-12-4-2-1-3-5-12;2*1-2/h8H,1-7H2;1-2H3;2H,1H3/t8-;;/m1../s1. The fraction of sp³-hybridized carbons (Fsp3) is 1.00. The van der Waals surface area contributed by atoms with Crippen molar-refractivity contribution in [2.45, 2.75) is 45.5 Å². The van der Waals surface area contributed by atoms with Crippen molar-refractivity contribution in [1.29, 1.82) is 0 Å². The minimum atomic E-state index is -2.32. The molecule has 1 saturated heterocycles. The molecule has 1 saturated carbocycles. The average Bonchev–Trinajstić information content (AvgIpc) is 2.93. The van der Waals surface area contributed by atoms with Gasteiger partial charge in [0.1, 0.15) is 0 Å². The molecule has 1 heterocycles. The third kappa shape index (κ3) is 5.21. The Morgan fingerprint density at radius 2 is 1.56 bits per heavy atom. The van der Waals surface area contributed by atoms with Crippen LogP contribution in [-0.2, 0) is 0 Å². The lowest BCUT2D eigenvalue weighted by Gasteiger charge is -2.26. The highest BCUT2D eigenvalue weighted by Gasteiger charge is 2.56. The van der Waals surface area contributed by atoms with E-state index in [0.717, 1.165) is 20.2 Å². The van der Waals surface area contributed by atoms with Crippen LogP contribution in [0.5, 0.6) is 0 Å². The third-order valence-electron chi connectivity index (χ3n) is 2.88. The molecule has 1 aliphatic carbocycles. The van der Waals surface area contributed by atoms with Gasteiger partial charge in [0.05, 0.1) is 0 Å². The first-order valence-corrected chi connectivity index (χ1v) is 6.23. The minimum Gasteiger partial charge on any atom is -0.400 e. The van der Waals surface area contributed by atoms with Gasteiger partial charge in [-0.1, -0.05) is 20.3 Å². The summed E-state index contributed by atoms with van der Waals surface area (Å²) in [5, 5.41) is 7.00. The number of aliphatic hydroxyl groups is 1. The highest BCUT2D eigenvalue weighted by Crippen LogP contribution is 2.48. The Hall–Kier alpha value is -0.220. The minimum absolute atomic E-state index is 0.128. The summed E-state index contributed by atoms with van der Waals surface area (Å²) in [7, 11) is 1.00.